The Morgan fingerprint density at radius 1 is 0.372 bits per heavy atom. The highest BCUT2D eigenvalue weighted by Gasteiger charge is 2.44. The van der Waals surface area contributed by atoms with Gasteiger partial charge in [-0.2, -0.15) is 0 Å². The predicted molar refractivity (Wildman–Crippen MR) is 351 cm³/mol. The van der Waals surface area contributed by atoms with Gasteiger partial charge in [0.1, 0.15) is 27.7 Å². The molecule has 0 aromatic carbocycles. The molecule has 0 radical (unpaired) electrons. The van der Waals surface area contributed by atoms with Crippen LogP contribution >= 0.6 is 0 Å². The molecule has 86 heavy (non-hydrogen) atoms. The second-order valence-corrected chi connectivity index (χ2v) is 28.7. The van der Waals surface area contributed by atoms with Gasteiger partial charge in [-0.3, -0.25) is 24.0 Å². The summed E-state index contributed by atoms with van der Waals surface area (Å²) < 4.78 is 24.4. The zero-order chi connectivity index (χ0) is 64.1. The standard InChI is InChI=1S/C17H31NO2.C15H29NO2.C14H27NO2.C13H25NO2.C12H23NO2/c1-20-16(19)17(18,12-14-8-4-2-5-9-14)13-15-10-6-3-7-11-15;1-12(2)11-15(16,14(17)18-3)10-9-13-7-5-4-6-8-13;1-3-4-10-14(15,13(16)17-2)11-12-8-6-5-7-9-12;1-3-4-10-13(14,12(15)16-2)11-8-6-5-7-9-11;1-12(13,11(14)15-2)9-8-10-6-4-3-5-7-10/h14-15H,2-13,18H2,1H3;12-13H,4-11,16H2,1-3H3;12H,3-11,15H2,1-2H3;11H,3-10,14H2,1-2H3;10H,3-9,13H2,1-2H3. The molecular weight excluding hydrogens is 1080 g/mol. The molecule has 0 amide bonds. The molecule has 4 unspecified atom stereocenters. The van der Waals surface area contributed by atoms with Crippen molar-refractivity contribution in [2.45, 2.75) is 345 Å². The summed E-state index contributed by atoms with van der Waals surface area (Å²) >= 11 is 0. The van der Waals surface area contributed by atoms with Crippen LogP contribution < -0.4 is 28.7 Å². The van der Waals surface area contributed by atoms with Crippen molar-refractivity contribution in [1.82, 2.24) is 0 Å². The van der Waals surface area contributed by atoms with Gasteiger partial charge in [0.15, 0.2) is 0 Å². The van der Waals surface area contributed by atoms with Crippen LogP contribution in [-0.4, -0.2) is 93.1 Å². The minimum absolute atomic E-state index is 0.186. The van der Waals surface area contributed by atoms with Crippen molar-refractivity contribution in [2.75, 3.05) is 35.5 Å². The van der Waals surface area contributed by atoms with Gasteiger partial charge in [-0.05, 0) is 125 Å². The van der Waals surface area contributed by atoms with E-state index in [0.717, 1.165) is 108 Å². The molecule has 15 nitrogen and oxygen atoms in total. The van der Waals surface area contributed by atoms with Crippen molar-refractivity contribution in [3.05, 3.63) is 0 Å². The first-order valence-electron chi connectivity index (χ1n) is 35.3. The molecule has 6 fully saturated rings. The van der Waals surface area contributed by atoms with E-state index >= 15 is 0 Å². The van der Waals surface area contributed by atoms with Crippen molar-refractivity contribution in [3.8, 4) is 0 Å². The smallest absolute Gasteiger partial charge is 0.326 e. The Bertz CT molecular complexity index is 1810. The van der Waals surface area contributed by atoms with Crippen molar-refractivity contribution in [1.29, 1.82) is 0 Å². The van der Waals surface area contributed by atoms with E-state index in [1.807, 2.05) is 0 Å². The van der Waals surface area contributed by atoms with Gasteiger partial charge in [0, 0.05) is 0 Å². The Morgan fingerprint density at radius 2 is 0.674 bits per heavy atom. The third-order valence-corrected chi connectivity index (χ3v) is 20.7. The van der Waals surface area contributed by atoms with Gasteiger partial charge >= 0.3 is 29.8 Å². The number of ether oxygens (including phenoxy) is 5. The third-order valence-electron chi connectivity index (χ3n) is 20.7. The first kappa shape index (κ1) is 79.2. The van der Waals surface area contributed by atoms with E-state index in [-0.39, 0.29) is 29.8 Å². The maximum Gasteiger partial charge on any atom is 0.326 e. The molecule has 6 aliphatic rings. The molecule has 0 aliphatic heterocycles. The van der Waals surface area contributed by atoms with Crippen LogP contribution in [0.15, 0.2) is 0 Å². The molecule has 0 aromatic heterocycles. The average molecular weight is 1220 g/mol. The number of hydrogen-bond donors (Lipinski definition) is 5. The molecule has 0 bridgehead atoms. The molecule has 0 aromatic rings. The molecular formula is C71H135N5O10. The summed E-state index contributed by atoms with van der Waals surface area (Å²) in [5.41, 5.74) is 27.6. The second kappa shape index (κ2) is 43.0. The first-order chi connectivity index (χ1) is 40.9. The molecule has 4 atom stereocenters. The first-order valence-corrected chi connectivity index (χ1v) is 35.3. The summed E-state index contributed by atoms with van der Waals surface area (Å²) in [5, 5.41) is 0. The fourth-order valence-electron chi connectivity index (χ4n) is 15.4. The number of rotatable bonds is 26. The van der Waals surface area contributed by atoms with E-state index in [2.05, 4.69) is 27.7 Å². The second-order valence-electron chi connectivity index (χ2n) is 28.7. The van der Waals surface area contributed by atoms with Crippen LogP contribution in [-0.2, 0) is 47.7 Å². The van der Waals surface area contributed by atoms with Crippen molar-refractivity contribution < 1.29 is 47.7 Å². The number of carbonyl (C=O) groups is 5. The zero-order valence-corrected chi connectivity index (χ0v) is 57.1. The van der Waals surface area contributed by atoms with Crippen LogP contribution in [0.4, 0.5) is 0 Å². The van der Waals surface area contributed by atoms with Gasteiger partial charge in [-0.1, -0.05) is 233 Å². The van der Waals surface area contributed by atoms with E-state index in [0.29, 0.717) is 36.0 Å². The Hall–Kier alpha value is -2.85. The number of unbranched alkanes of at least 4 members (excludes halogenated alkanes) is 2. The Morgan fingerprint density at radius 3 is 1.02 bits per heavy atom. The highest BCUT2D eigenvalue weighted by Crippen LogP contribution is 2.39. The van der Waals surface area contributed by atoms with E-state index in [1.165, 1.54) is 215 Å². The summed E-state index contributed by atoms with van der Waals surface area (Å²) in [7, 11) is 7.19. The molecule has 15 heteroatoms. The molecule has 504 valence electrons. The Kier molecular flexibility index (Phi) is 39.6. The van der Waals surface area contributed by atoms with Crippen molar-refractivity contribution >= 4 is 29.8 Å². The van der Waals surface area contributed by atoms with E-state index < -0.39 is 27.7 Å². The van der Waals surface area contributed by atoms with Gasteiger partial charge in [-0.25, -0.2) is 0 Å². The van der Waals surface area contributed by atoms with Gasteiger partial charge in [0.25, 0.3) is 0 Å². The normalized spacial score (nSPS) is 21.6. The zero-order valence-electron chi connectivity index (χ0n) is 57.1. The van der Waals surface area contributed by atoms with Crippen LogP contribution in [0.3, 0.4) is 0 Å². The molecule has 10 N–H and O–H groups in total. The lowest BCUT2D eigenvalue weighted by molar-refractivity contribution is -0.151. The van der Waals surface area contributed by atoms with Gasteiger partial charge in [0.2, 0.25) is 0 Å². The van der Waals surface area contributed by atoms with Crippen LogP contribution in [0.2, 0.25) is 0 Å². The van der Waals surface area contributed by atoms with E-state index in [4.69, 9.17) is 52.4 Å². The number of esters is 5. The molecule has 0 spiro atoms. The summed E-state index contributed by atoms with van der Waals surface area (Å²) in [4.78, 5) is 59.2. The van der Waals surface area contributed by atoms with Crippen LogP contribution in [0.5, 0.6) is 0 Å². The van der Waals surface area contributed by atoms with Crippen LogP contribution in [0.1, 0.15) is 317 Å². The monoisotopic (exact) mass is 1220 g/mol. The maximum absolute atomic E-state index is 12.2. The highest BCUT2D eigenvalue weighted by atomic mass is 16.5. The van der Waals surface area contributed by atoms with Gasteiger partial charge in [0.05, 0.1) is 35.5 Å². The number of nitrogens with two attached hydrogens (primary N) is 5. The summed E-state index contributed by atoms with van der Waals surface area (Å²) in [5.74, 6) is 2.96. The third kappa shape index (κ3) is 29.4. The highest BCUT2D eigenvalue weighted by molar-refractivity contribution is 5.82. The predicted octanol–water partition coefficient (Wildman–Crippen LogP) is 14.9. The Labute approximate surface area is 525 Å². The lowest BCUT2D eigenvalue weighted by atomic mass is 9.73. The fourth-order valence-corrected chi connectivity index (χ4v) is 15.4. The number of carbonyl (C=O) groups excluding carboxylic acids is 5. The molecule has 0 heterocycles. The fraction of sp³-hybridized carbons (Fsp3) is 0.930. The van der Waals surface area contributed by atoms with Gasteiger partial charge < -0.3 is 52.4 Å². The van der Waals surface area contributed by atoms with Gasteiger partial charge in [-0.15, -0.1) is 0 Å². The Balaban J connectivity index is 0.000000368. The summed E-state index contributed by atoms with van der Waals surface area (Å²) in [6.07, 6.45) is 50.8. The molecule has 0 saturated heterocycles. The summed E-state index contributed by atoms with van der Waals surface area (Å²) in [6.45, 7) is 10.2. The minimum atomic E-state index is -0.799. The van der Waals surface area contributed by atoms with Crippen LogP contribution in [0, 0.1) is 41.4 Å². The largest absolute Gasteiger partial charge is 0.468 e. The van der Waals surface area contributed by atoms with Crippen LogP contribution in [0.25, 0.3) is 0 Å². The van der Waals surface area contributed by atoms with Crippen molar-refractivity contribution in [2.24, 2.45) is 70.1 Å². The topological polar surface area (TPSA) is 262 Å². The van der Waals surface area contributed by atoms with E-state index in [9.17, 15) is 24.0 Å². The lowest BCUT2D eigenvalue weighted by Gasteiger charge is -2.37. The van der Waals surface area contributed by atoms with Crippen molar-refractivity contribution in [3.63, 3.8) is 0 Å². The molecule has 6 aliphatic carbocycles. The number of methoxy groups -OCH3 is 5. The number of hydrogen-bond acceptors (Lipinski definition) is 15. The van der Waals surface area contributed by atoms with E-state index in [1.54, 1.807) is 6.92 Å². The quantitative estimate of drug-likeness (QED) is 0.0398. The molecule has 6 saturated carbocycles. The lowest BCUT2D eigenvalue weighted by Crippen LogP contribution is -2.55. The SMILES string of the molecule is CCCCC(N)(C(=O)OC)C1CCCCC1.CCCCC(N)(CC1CCCCC1)C(=O)OC.COC(=O)C(C)(N)CCC1CCCCC1.COC(=O)C(N)(CC1CCCCC1)CC1CCCCC1.COC(=O)C(N)(CCC1CCCCC1)CC(C)C. The average Bonchev–Trinajstić information content (AvgIpc) is 2.48. The minimum Gasteiger partial charge on any atom is -0.468 e. The summed E-state index contributed by atoms with van der Waals surface area (Å²) in [6, 6.07) is 0. The molecule has 6 rings (SSSR count). The maximum atomic E-state index is 12.2.